The van der Waals surface area contributed by atoms with E-state index in [1.54, 1.807) is 23.2 Å². The van der Waals surface area contributed by atoms with Gasteiger partial charge in [-0.15, -0.1) is 0 Å². The van der Waals surface area contributed by atoms with Crippen LogP contribution in [-0.4, -0.2) is 35.4 Å². The number of amides is 1. The topological polar surface area (TPSA) is 69.0 Å². The molecule has 1 heterocycles. The zero-order valence-electron chi connectivity index (χ0n) is 11.5. The minimum absolute atomic E-state index is 0.0558. The molecule has 1 amide bonds. The van der Waals surface area contributed by atoms with Crippen molar-refractivity contribution >= 4 is 11.7 Å². The van der Waals surface area contributed by atoms with Crippen molar-refractivity contribution in [3.05, 3.63) is 23.9 Å². The number of carbonyl (C=O) groups excluding carboxylic acids is 1. The van der Waals surface area contributed by atoms with Crippen LogP contribution in [0.2, 0.25) is 0 Å². The van der Waals surface area contributed by atoms with E-state index in [0.29, 0.717) is 30.9 Å². The number of pyridine rings is 1. The van der Waals surface area contributed by atoms with E-state index in [1.165, 1.54) is 0 Å². The first-order valence-corrected chi connectivity index (χ1v) is 6.59. The molecule has 5 nitrogen and oxygen atoms in total. The van der Waals surface area contributed by atoms with E-state index in [2.05, 4.69) is 23.3 Å². The molecule has 0 aromatic carbocycles. The molecule has 1 N–H and O–H groups in total. The second-order valence-electron chi connectivity index (χ2n) is 4.15. The summed E-state index contributed by atoms with van der Waals surface area (Å²) < 4.78 is 0. The number of hydrogen-bond donors (Lipinski definition) is 1. The van der Waals surface area contributed by atoms with Crippen molar-refractivity contribution in [2.45, 2.75) is 26.7 Å². The normalized spacial score (nSPS) is 9.74. The third kappa shape index (κ3) is 4.59. The molecule has 0 radical (unpaired) electrons. The summed E-state index contributed by atoms with van der Waals surface area (Å²) >= 11 is 0. The van der Waals surface area contributed by atoms with Crippen molar-refractivity contribution in [3.8, 4) is 6.07 Å². The Bertz CT molecular complexity index is 453. The summed E-state index contributed by atoms with van der Waals surface area (Å²) in [5, 5.41) is 11.8. The standard InChI is InChI=1S/C14H20N4O/c1-3-8-16-13-11-12(6-9-17-13)14(19)18(4-2)10-5-7-15/h6,9,11H,3-5,8,10H2,1-2H3,(H,16,17). The number of aromatic nitrogens is 1. The molecule has 0 fully saturated rings. The molecule has 0 aliphatic heterocycles. The Balaban J connectivity index is 2.77. The number of anilines is 1. The molecule has 0 aliphatic rings. The number of hydrogen-bond acceptors (Lipinski definition) is 4. The van der Waals surface area contributed by atoms with Gasteiger partial charge in [0, 0.05) is 31.4 Å². The molecule has 0 unspecified atom stereocenters. The molecule has 1 aromatic rings. The van der Waals surface area contributed by atoms with Crippen LogP contribution in [0.1, 0.15) is 37.0 Å². The fourth-order valence-electron chi connectivity index (χ4n) is 1.68. The third-order valence-electron chi connectivity index (χ3n) is 2.73. The Morgan fingerprint density at radius 1 is 1.53 bits per heavy atom. The molecule has 0 aliphatic carbocycles. The van der Waals surface area contributed by atoms with Gasteiger partial charge in [0.25, 0.3) is 5.91 Å². The Labute approximate surface area is 114 Å². The largest absolute Gasteiger partial charge is 0.370 e. The highest BCUT2D eigenvalue weighted by Gasteiger charge is 2.14. The number of rotatable bonds is 7. The van der Waals surface area contributed by atoms with Crippen LogP contribution in [0.5, 0.6) is 0 Å². The van der Waals surface area contributed by atoms with Gasteiger partial charge in [-0.2, -0.15) is 5.26 Å². The monoisotopic (exact) mass is 260 g/mol. The van der Waals surface area contributed by atoms with E-state index in [-0.39, 0.29) is 5.91 Å². The van der Waals surface area contributed by atoms with Crippen molar-refractivity contribution in [1.29, 1.82) is 5.26 Å². The summed E-state index contributed by atoms with van der Waals surface area (Å²) in [5.74, 6) is 0.656. The maximum Gasteiger partial charge on any atom is 0.254 e. The molecular weight excluding hydrogens is 240 g/mol. The molecule has 0 atom stereocenters. The van der Waals surface area contributed by atoms with Gasteiger partial charge < -0.3 is 10.2 Å². The fourth-order valence-corrected chi connectivity index (χ4v) is 1.68. The van der Waals surface area contributed by atoms with Crippen molar-refractivity contribution in [1.82, 2.24) is 9.88 Å². The van der Waals surface area contributed by atoms with Gasteiger partial charge in [0.15, 0.2) is 0 Å². The Morgan fingerprint density at radius 3 is 2.95 bits per heavy atom. The van der Waals surface area contributed by atoms with Crippen LogP contribution in [-0.2, 0) is 0 Å². The summed E-state index contributed by atoms with van der Waals surface area (Å²) in [4.78, 5) is 18.1. The molecule has 5 heteroatoms. The molecule has 0 bridgehead atoms. The molecule has 1 aromatic heterocycles. The molecule has 0 saturated heterocycles. The number of carbonyl (C=O) groups is 1. The predicted molar refractivity (Wildman–Crippen MR) is 74.8 cm³/mol. The Kier molecular flexibility index (Phi) is 6.37. The summed E-state index contributed by atoms with van der Waals surface area (Å²) in [6, 6.07) is 5.52. The maximum atomic E-state index is 12.3. The Hall–Kier alpha value is -2.09. The first-order chi connectivity index (χ1) is 9.22. The second kappa shape index (κ2) is 8.09. The van der Waals surface area contributed by atoms with Crippen molar-refractivity contribution in [3.63, 3.8) is 0 Å². The summed E-state index contributed by atoms with van der Waals surface area (Å²) in [7, 11) is 0. The summed E-state index contributed by atoms with van der Waals surface area (Å²) in [5.41, 5.74) is 0.605. The molecule has 0 saturated carbocycles. The van der Waals surface area contributed by atoms with E-state index in [9.17, 15) is 4.79 Å². The first kappa shape index (κ1) is 15.0. The van der Waals surface area contributed by atoms with Crippen LogP contribution in [0.4, 0.5) is 5.82 Å². The predicted octanol–water partition coefficient (Wildman–Crippen LogP) is 2.28. The SMILES string of the molecule is CCCNc1cc(C(=O)N(CC)CCC#N)ccn1. The van der Waals surface area contributed by atoms with Gasteiger partial charge in [0.05, 0.1) is 12.5 Å². The van der Waals surface area contributed by atoms with Crippen LogP contribution in [0.3, 0.4) is 0 Å². The maximum absolute atomic E-state index is 12.3. The fraction of sp³-hybridized carbons (Fsp3) is 0.500. The van der Waals surface area contributed by atoms with Crippen LogP contribution in [0, 0.1) is 11.3 Å². The van der Waals surface area contributed by atoms with Gasteiger partial charge in [-0.3, -0.25) is 4.79 Å². The highest BCUT2D eigenvalue weighted by molar-refractivity contribution is 5.94. The molecule has 1 rings (SSSR count). The smallest absolute Gasteiger partial charge is 0.254 e. The quantitative estimate of drug-likeness (QED) is 0.816. The van der Waals surface area contributed by atoms with Crippen LogP contribution < -0.4 is 5.32 Å². The molecule has 102 valence electrons. The molecule has 0 spiro atoms. The average molecular weight is 260 g/mol. The average Bonchev–Trinajstić information content (AvgIpc) is 2.46. The van der Waals surface area contributed by atoms with Gasteiger partial charge in [0.2, 0.25) is 0 Å². The van der Waals surface area contributed by atoms with Gasteiger partial charge in [0.1, 0.15) is 5.82 Å². The first-order valence-electron chi connectivity index (χ1n) is 6.59. The van der Waals surface area contributed by atoms with Crippen LogP contribution in [0.25, 0.3) is 0 Å². The minimum atomic E-state index is -0.0558. The highest BCUT2D eigenvalue weighted by atomic mass is 16.2. The lowest BCUT2D eigenvalue weighted by Crippen LogP contribution is -2.31. The lowest BCUT2D eigenvalue weighted by molar-refractivity contribution is 0.0767. The van der Waals surface area contributed by atoms with Gasteiger partial charge in [-0.05, 0) is 25.5 Å². The van der Waals surface area contributed by atoms with E-state index < -0.39 is 0 Å². The zero-order chi connectivity index (χ0) is 14.1. The summed E-state index contributed by atoms with van der Waals surface area (Å²) in [6.45, 7) is 5.87. The van der Waals surface area contributed by atoms with Gasteiger partial charge in [-0.25, -0.2) is 4.98 Å². The molecule has 19 heavy (non-hydrogen) atoms. The van der Waals surface area contributed by atoms with Gasteiger partial charge >= 0.3 is 0 Å². The van der Waals surface area contributed by atoms with E-state index in [0.717, 1.165) is 13.0 Å². The lowest BCUT2D eigenvalue weighted by atomic mass is 10.2. The van der Waals surface area contributed by atoms with E-state index in [4.69, 9.17) is 5.26 Å². The minimum Gasteiger partial charge on any atom is -0.370 e. The number of nitrogens with one attached hydrogen (secondary N) is 1. The number of nitrogens with zero attached hydrogens (tertiary/aromatic N) is 3. The van der Waals surface area contributed by atoms with Gasteiger partial charge in [-0.1, -0.05) is 6.92 Å². The van der Waals surface area contributed by atoms with Crippen LogP contribution >= 0.6 is 0 Å². The van der Waals surface area contributed by atoms with E-state index >= 15 is 0 Å². The Morgan fingerprint density at radius 2 is 2.32 bits per heavy atom. The van der Waals surface area contributed by atoms with Crippen molar-refractivity contribution in [2.24, 2.45) is 0 Å². The lowest BCUT2D eigenvalue weighted by Gasteiger charge is -2.19. The molecular formula is C14H20N4O. The van der Waals surface area contributed by atoms with E-state index in [1.807, 2.05) is 6.92 Å². The zero-order valence-corrected chi connectivity index (χ0v) is 11.5. The summed E-state index contributed by atoms with van der Waals surface area (Å²) in [6.07, 6.45) is 2.98. The van der Waals surface area contributed by atoms with Crippen LogP contribution in [0.15, 0.2) is 18.3 Å². The third-order valence-corrected chi connectivity index (χ3v) is 2.73. The second-order valence-corrected chi connectivity index (χ2v) is 4.15. The highest BCUT2D eigenvalue weighted by Crippen LogP contribution is 2.10. The number of nitriles is 1. The van der Waals surface area contributed by atoms with Crippen molar-refractivity contribution < 1.29 is 4.79 Å². The van der Waals surface area contributed by atoms with Crippen molar-refractivity contribution in [2.75, 3.05) is 25.0 Å².